The number of hydrogen-bond donors (Lipinski definition) is 3. The van der Waals surface area contributed by atoms with Crippen molar-refractivity contribution in [3.05, 3.63) is 58.5 Å². The van der Waals surface area contributed by atoms with Gasteiger partial charge >= 0.3 is 5.97 Å². The quantitative estimate of drug-likeness (QED) is 0.455. The molecule has 0 saturated carbocycles. The average molecular weight is 548 g/mol. The van der Waals surface area contributed by atoms with Gasteiger partial charge in [0, 0.05) is 40.3 Å². The van der Waals surface area contributed by atoms with Gasteiger partial charge in [0.1, 0.15) is 17.8 Å². The van der Waals surface area contributed by atoms with Crippen LogP contribution in [0.2, 0.25) is 10.0 Å². The second-order valence-electron chi connectivity index (χ2n) is 9.41. The van der Waals surface area contributed by atoms with E-state index in [0.29, 0.717) is 16.6 Å². The number of halogens is 4. The summed E-state index contributed by atoms with van der Waals surface area (Å²) in [4.78, 5) is 49.2. The van der Waals surface area contributed by atoms with Crippen LogP contribution in [-0.2, 0) is 19.9 Å². The fourth-order valence-electron chi connectivity index (χ4n) is 6.09. The second kappa shape index (κ2) is 8.04. The maximum atomic E-state index is 14.8. The number of carboxylic acids is 1. The second-order valence-corrected chi connectivity index (χ2v) is 10.3. The molecule has 9 nitrogen and oxygen atoms in total. The molecule has 2 aromatic carbocycles. The number of alkyl halides is 2. The molecule has 2 fully saturated rings. The molecule has 1 aromatic heterocycles. The van der Waals surface area contributed by atoms with Crippen LogP contribution < -0.4 is 10.6 Å². The first-order valence-electron chi connectivity index (χ1n) is 11.2. The third-order valence-electron chi connectivity index (χ3n) is 7.38. The lowest BCUT2D eigenvalue weighted by Crippen LogP contribution is -2.54. The molecule has 2 amide bonds. The van der Waals surface area contributed by atoms with Gasteiger partial charge in [-0.1, -0.05) is 23.2 Å². The highest BCUT2D eigenvalue weighted by Crippen LogP contribution is 2.61. The van der Waals surface area contributed by atoms with Crippen molar-refractivity contribution in [1.82, 2.24) is 14.9 Å². The van der Waals surface area contributed by atoms with E-state index in [9.17, 15) is 28.3 Å². The lowest BCUT2D eigenvalue weighted by Gasteiger charge is -2.35. The van der Waals surface area contributed by atoms with E-state index in [4.69, 9.17) is 23.2 Å². The first kappa shape index (κ1) is 24.0. The third kappa shape index (κ3) is 3.41. The molecule has 0 radical (unpaired) electrons. The largest absolute Gasteiger partial charge is 0.481 e. The number of rotatable bonds is 3. The number of carbonyl (C=O) groups is 3. The molecular weight excluding hydrogens is 531 g/mol. The molecule has 1 unspecified atom stereocenters. The van der Waals surface area contributed by atoms with Gasteiger partial charge in [-0.2, -0.15) is 0 Å². The van der Waals surface area contributed by atoms with Crippen molar-refractivity contribution in [2.45, 2.75) is 23.9 Å². The summed E-state index contributed by atoms with van der Waals surface area (Å²) in [6.07, 6.45) is 2.11. The lowest BCUT2D eigenvalue weighted by atomic mass is 9.73. The minimum Gasteiger partial charge on any atom is -0.481 e. The van der Waals surface area contributed by atoms with Crippen LogP contribution in [0.25, 0.3) is 10.9 Å². The Morgan fingerprint density at radius 1 is 1.22 bits per heavy atom. The predicted octanol–water partition coefficient (Wildman–Crippen LogP) is 3.76. The van der Waals surface area contributed by atoms with Crippen LogP contribution in [0, 0.1) is 11.8 Å². The normalized spacial score (nSPS) is 27.8. The maximum absolute atomic E-state index is 14.8. The highest BCUT2D eigenvalue weighted by atomic mass is 35.5. The fraction of sp³-hybridized carbons (Fsp3) is 0.292. The van der Waals surface area contributed by atoms with Gasteiger partial charge in [0.15, 0.2) is 0 Å². The van der Waals surface area contributed by atoms with Crippen LogP contribution in [0.4, 0.5) is 20.2 Å². The average Bonchev–Trinajstić information content (AvgIpc) is 3.40. The predicted molar refractivity (Wildman–Crippen MR) is 130 cm³/mol. The van der Waals surface area contributed by atoms with Crippen LogP contribution in [-0.4, -0.2) is 56.3 Å². The Kier molecular flexibility index (Phi) is 5.21. The van der Waals surface area contributed by atoms with Crippen molar-refractivity contribution >= 4 is 63.3 Å². The molecule has 3 aromatic rings. The minimum absolute atomic E-state index is 0.0330. The molecule has 37 heavy (non-hydrogen) atoms. The number of carboxylic acid groups (broad SMARTS) is 1. The monoisotopic (exact) mass is 547 g/mol. The van der Waals surface area contributed by atoms with Gasteiger partial charge in [-0.05, 0) is 30.3 Å². The number of amides is 2. The molecule has 4 atom stereocenters. The van der Waals surface area contributed by atoms with Crippen molar-refractivity contribution in [3.8, 4) is 0 Å². The Morgan fingerprint density at radius 2 is 2.00 bits per heavy atom. The van der Waals surface area contributed by atoms with Crippen molar-refractivity contribution < 1.29 is 28.3 Å². The summed E-state index contributed by atoms with van der Waals surface area (Å²) in [6.45, 7) is -0.907. The molecule has 3 N–H and O–H groups in total. The summed E-state index contributed by atoms with van der Waals surface area (Å²) in [6, 6.07) is 6.24. The van der Waals surface area contributed by atoms with E-state index in [-0.39, 0.29) is 21.3 Å². The van der Waals surface area contributed by atoms with Crippen LogP contribution >= 0.6 is 23.2 Å². The molecule has 2 saturated heterocycles. The number of nitrogens with zero attached hydrogens (tertiary/aromatic N) is 3. The number of fused-ring (bicyclic) bond motifs is 5. The zero-order chi connectivity index (χ0) is 26.3. The zero-order valence-corrected chi connectivity index (χ0v) is 20.2. The van der Waals surface area contributed by atoms with Crippen molar-refractivity contribution in [1.29, 1.82) is 0 Å². The number of hydrogen-bond acceptors (Lipinski definition) is 6. The third-order valence-corrected chi connectivity index (χ3v) is 7.89. The highest BCUT2D eigenvalue weighted by molar-refractivity contribution is 6.38. The summed E-state index contributed by atoms with van der Waals surface area (Å²) >= 11 is 12.5. The number of nitrogens with one attached hydrogen (secondary N) is 2. The first-order chi connectivity index (χ1) is 17.5. The number of aliphatic carboxylic acids is 1. The van der Waals surface area contributed by atoms with E-state index < -0.39 is 60.1 Å². The Labute approximate surface area is 217 Å². The van der Waals surface area contributed by atoms with E-state index in [1.54, 1.807) is 18.2 Å². The van der Waals surface area contributed by atoms with Crippen molar-refractivity contribution in [3.63, 3.8) is 0 Å². The molecular formula is C24H17Cl2F2N5O4. The van der Waals surface area contributed by atoms with Crippen molar-refractivity contribution in [2.75, 3.05) is 17.2 Å². The maximum Gasteiger partial charge on any atom is 0.310 e. The van der Waals surface area contributed by atoms with E-state index >= 15 is 0 Å². The van der Waals surface area contributed by atoms with Gasteiger partial charge in [0.2, 0.25) is 5.91 Å². The van der Waals surface area contributed by atoms with Crippen LogP contribution in [0.5, 0.6) is 0 Å². The van der Waals surface area contributed by atoms with Gasteiger partial charge in [-0.25, -0.2) is 18.7 Å². The van der Waals surface area contributed by atoms with Crippen molar-refractivity contribution in [2.24, 2.45) is 11.8 Å². The summed E-state index contributed by atoms with van der Waals surface area (Å²) in [5.41, 5.74) is -1.04. The molecule has 3 aliphatic heterocycles. The van der Waals surface area contributed by atoms with Gasteiger partial charge < -0.3 is 15.7 Å². The summed E-state index contributed by atoms with van der Waals surface area (Å²) in [5.74, 6) is -9.59. The van der Waals surface area contributed by atoms with Gasteiger partial charge in [-0.15, -0.1) is 0 Å². The smallest absolute Gasteiger partial charge is 0.310 e. The highest BCUT2D eigenvalue weighted by Gasteiger charge is 2.74. The lowest BCUT2D eigenvalue weighted by molar-refractivity contribution is -0.153. The van der Waals surface area contributed by atoms with Gasteiger partial charge in [-0.3, -0.25) is 19.3 Å². The van der Waals surface area contributed by atoms with Gasteiger partial charge in [0.25, 0.3) is 11.8 Å². The summed E-state index contributed by atoms with van der Waals surface area (Å²) in [5, 5.41) is 16.3. The molecule has 4 heterocycles. The Hall–Kier alpha value is -3.41. The van der Waals surface area contributed by atoms with Crippen LogP contribution in [0.15, 0.2) is 42.9 Å². The number of anilines is 2. The SMILES string of the molecule is O=C(O)C1[C@@H](C(=O)Nc2ccc3ncncc3c2)[C@H]2CC(F)(F)CN2[C@]12C(=O)Nc1c(Cl)cc(Cl)cc12. The molecule has 0 bridgehead atoms. The van der Waals surface area contributed by atoms with E-state index in [1.807, 2.05) is 0 Å². The van der Waals surface area contributed by atoms with E-state index in [0.717, 1.165) is 4.90 Å². The first-order valence-corrected chi connectivity index (χ1v) is 12.0. The molecule has 3 aliphatic rings. The molecule has 0 aliphatic carbocycles. The van der Waals surface area contributed by atoms with E-state index in [1.165, 1.54) is 24.7 Å². The Morgan fingerprint density at radius 3 is 2.76 bits per heavy atom. The van der Waals surface area contributed by atoms with Crippen LogP contribution in [0.3, 0.4) is 0 Å². The van der Waals surface area contributed by atoms with Gasteiger partial charge in [0.05, 0.1) is 28.7 Å². The summed E-state index contributed by atoms with van der Waals surface area (Å²) in [7, 11) is 0. The molecule has 1 spiro atoms. The Bertz CT molecular complexity index is 1520. The summed E-state index contributed by atoms with van der Waals surface area (Å²) < 4.78 is 29.6. The van der Waals surface area contributed by atoms with E-state index in [2.05, 4.69) is 20.6 Å². The number of benzene rings is 2. The fourth-order valence-corrected chi connectivity index (χ4v) is 6.63. The van der Waals surface area contributed by atoms with Crippen LogP contribution in [0.1, 0.15) is 12.0 Å². The zero-order valence-electron chi connectivity index (χ0n) is 18.7. The number of aromatic nitrogens is 2. The number of carbonyl (C=O) groups excluding carboxylic acids is 2. The molecule has 13 heteroatoms. The topological polar surface area (TPSA) is 125 Å². The molecule has 6 rings (SSSR count). The standard InChI is InChI=1S/C24H17Cl2F2N5O4/c25-11-4-13-19(14(26)5-11)32-22(37)24(13)18(21(35)36)17(16-6-23(27,28)8-33(16)24)20(34)31-12-1-2-15-10(3-12)7-29-9-30-15/h1-5,7,9,16-18H,6,8H2,(H,31,34)(H,32,37)(H,35,36)/t16-,17+,18?,24+/m1/s1. The minimum atomic E-state index is -3.26. The molecule has 190 valence electrons. The Balaban J connectivity index is 1.49.